The van der Waals surface area contributed by atoms with E-state index in [-0.39, 0.29) is 19.1 Å². The van der Waals surface area contributed by atoms with E-state index in [2.05, 4.69) is 19.2 Å². The molecule has 0 aliphatic heterocycles. The first-order valence-corrected chi connectivity index (χ1v) is 29.4. The molecule has 0 saturated carbocycles. The van der Waals surface area contributed by atoms with Crippen LogP contribution in [-0.4, -0.2) is 73.4 Å². The Morgan fingerprint density at radius 3 is 1.06 bits per heavy atom. The lowest BCUT2D eigenvalue weighted by atomic mass is 10.0. The summed E-state index contributed by atoms with van der Waals surface area (Å²) >= 11 is 0. The van der Waals surface area contributed by atoms with Gasteiger partial charge in [0, 0.05) is 6.42 Å². The maximum absolute atomic E-state index is 12.9. The van der Waals surface area contributed by atoms with Crippen LogP contribution in [0.3, 0.4) is 0 Å². The number of phosphoric acid groups is 1. The van der Waals surface area contributed by atoms with E-state index in [1.54, 1.807) is 0 Å². The van der Waals surface area contributed by atoms with Crippen molar-refractivity contribution < 1.29 is 32.9 Å². The van der Waals surface area contributed by atoms with Gasteiger partial charge in [-0.25, -0.2) is 4.57 Å². The van der Waals surface area contributed by atoms with Crippen LogP contribution in [0.5, 0.6) is 0 Å². The number of aliphatic hydroxyl groups excluding tert-OH is 1. The average Bonchev–Trinajstić information content (AvgIpc) is 3.24. The first-order chi connectivity index (χ1) is 30.5. The highest BCUT2D eigenvalue weighted by atomic mass is 31.2. The molecule has 1 unspecified atom stereocenters. The Hall–Kier alpha value is -0.500. The van der Waals surface area contributed by atoms with E-state index in [0.717, 1.165) is 38.5 Å². The molecule has 0 aromatic heterocycles. The Morgan fingerprint density at radius 1 is 0.476 bits per heavy atom. The molecule has 0 aromatic rings. The monoisotopic (exact) mass is 916 g/mol. The van der Waals surface area contributed by atoms with Gasteiger partial charge in [-0.2, -0.15) is 0 Å². The number of hydrogen-bond donors (Lipinski definition) is 3. The van der Waals surface area contributed by atoms with Gasteiger partial charge in [0.2, 0.25) is 5.91 Å². The van der Waals surface area contributed by atoms with Gasteiger partial charge in [-0.3, -0.25) is 13.8 Å². The molecule has 0 rings (SSSR count). The first kappa shape index (κ1) is 62.5. The molecule has 0 bridgehead atoms. The Balaban J connectivity index is 3.85. The minimum Gasteiger partial charge on any atom is -0.391 e. The number of carbonyl (C=O) groups excluding carboxylic acids is 1. The minimum absolute atomic E-state index is 0.0784. The van der Waals surface area contributed by atoms with Gasteiger partial charge >= 0.3 is 7.82 Å². The van der Waals surface area contributed by atoms with Gasteiger partial charge in [-0.05, 0) is 12.8 Å². The van der Waals surface area contributed by atoms with Crippen molar-refractivity contribution in [1.82, 2.24) is 5.32 Å². The average molecular weight is 916 g/mol. The molecule has 0 aliphatic rings. The van der Waals surface area contributed by atoms with Crippen molar-refractivity contribution in [3.8, 4) is 0 Å². The van der Waals surface area contributed by atoms with Crippen LogP contribution >= 0.6 is 7.82 Å². The number of hydrogen-bond acceptors (Lipinski definition) is 5. The van der Waals surface area contributed by atoms with Crippen molar-refractivity contribution in [2.24, 2.45) is 0 Å². The Labute approximate surface area is 393 Å². The third-order valence-corrected chi connectivity index (χ3v) is 14.1. The van der Waals surface area contributed by atoms with Crippen LogP contribution in [0.1, 0.15) is 290 Å². The van der Waals surface area contributed by atoms with Crippen LogP contribution in [0.15, 0.2) is 0 Å². The highest BCUT2D eigenvalue weighted by Gasteiger charge is 2.28. The fourth-order valence-electron chi connectivity index (χ4n) is 8.70. The summed E-state index contributed by atoms with van der Waals surface area (Å²) in [6.07, 6.45) is 54.8. The Morgan fingerprint density at radius 2 is 0.762 bits per heavy atom. The van der Waals surface area contributed by atoms with Crippen LogP contribution in [-0.2, 0) is 18.4 Å². The second-order valence-electron chi connectivity index (χ2n) is 20.7. The van der Waals surface area contributed by atoms with Gasteiger partial charge in [-0.15, -0.1) is 0 Å². The van der Waals surface area contributed by atoms with Crippen molar-refractivity contribution in [1.29, 1.82) is 0 Å². The summed E-state index contributed by atoms with van der Waals surface area (Å²) in [4.78, 5) is 23.2. The molecule has 0 heterocycles. The molecule has 3 N–H and O–H groups in total. The molecule has 0 fully saturated rings. The molecule has 0 aromatic carbocycles. The van der Waals surface area contributed by atoms with Gasteiger partial charge in [0.05, 0.1) is 39.9 Å². The Kier molecular flexibility index (Phi) is 46.2. The van der Waals surface area contributed by atoms with E-state index in [0.29, 0.717) is 23.9 Å². The van der Waals surface area contributed by atoms with Crippen LogP contribution in [0.4, 0.5) is 0 Å². The van der Waals surface area contributed by atoms with E-state index in [1.807, 2.05) is 21.1 Å². The summed E-state index contributed by atoms with van der Waals surface area (Å²) in [7, 11) is 1.63. The number of unbranched alkanes of at least 4 members (excludes halogenated alkanes) is 39. The molecule has 0 radical (unpaired) electrons. The molecule has 0 aliphatic carbocycles. The molecular formula is C54H112N2O6P+. The lowest BCUT2D eigenvalue weighted by Gasteiger charge is -2.26. The summed E-state index contributed by atoms with van der Waals surface area (Å²) < 4.78 is 23.6. The van der Waals surface area contributed by atoms with Gasteiger partial charge in [-0.1, -0.05) is 271 Å². The zero-order chi connectivity index (χ0) is 46.4. The minimum atomic E-state index is -4.31. The van der Waals surface area contributed by atoms with E-state index in [9.17, 15) is 19.4 Å². The van der Waals surface area contributed by atoms with E-state index in [1.165, 1.54) is 225 Å². The quantitative estimate of drug-likeness (QED) is 0.0319. The molecule has 3 atom stereocenters. The van der Waals surface area contributed by atoms with E-state index >= 15 is 0 Å². The van der Waals surface area contributed by atoms with Gasteiger partial charge in [0.15, 0.2) is 0 Å². The number of nitrogens with zero attached hydrogens (tertiary/aromatic N) is 1. The number of quaternary nitrogens is 1. The fourth-order valence-corrected chi connectivity index (χ4v) is 9.43. The topological polar surface area (TPSA) is 105 Å². The van der Waals surface area contributed by atoms with Crippen molar-refractivity contribution in [2.75, 3.05) is 40.9 Å². The predicted octanol–water partition coefficient (Wildman–Crippen LogP) is 16.5. The van der Waals surface area contributed by atoms with Crippen molar-refractivity contribution in [2.45, 2.75) is 302 Å². The molecule has 0 saturated heterocycles. The van der Waals surface area contributed by atoms with Crippen LogP contribution in [0.25, 0.3) is 0 Å². The highest BCUT2D eigenvalue weighted by Crippen LogP contribution is 2.43. The zero-order valence-electron chi connectivity index (χ0n) is 43.1. The molecular weight excluding hydrogens is 804 g/mol. The molecule has 9 heteroatoms. The largest absolute Gasteiger partial charge is 0.472 e. The van der Waals surface area contributed by atoms with Crippen molar-refractivity contribution >= 4 is 13.7 Å². The van der Waals surface area contributed by atoms with Gasteiger partial charge < -0.3 is 19.8 Å². The fraction of sp³-hybridized carbons (Fsp3) is 0.981. The van der Waals surface area contributed by atoms with Crippen molar-refractivity contribution in [3.05, 3.63) is 0 Å². The summed E-state index contributed by atoms with van der Waals surface area (Å²) in [5.74, 6) is -0.140. The van der Waals surface area contributed by atoms with Gasteiger partial charge in [0.25, 0.3) is 0 Å². The van der Waals surface area contributed by atoms with Crippen LogP contribution in [0.2, 0.25) is 0 Å². The smallest absolute Gasteiger partial charge is 0.391 e. The number of carbonyl (C=O) groups is 1. The van der Waals surface area contributed by atoms with E-state index < -0.39 is 20.0 Å². The number of phosphoric ester groups is 1. The van der Waals surface area contributed by atoms with Crippen LogP contribution in [0, 0.1) is 0 Å². The zero-order valence-corrected chi connectivity index (χ0v) is 44.0. The SMILES string of the molecule is CCCCCCCCCCCCCCCCCCCCCCCCCCCCCCCCCCC(=O)N[C@@H](COP(=O)(O)OCC[N+](C)(C)C)[C@H](O)CCCCCCCCCCC. The lowest BCUT2D eigenvalue weighted by molar-refractivity contribution is -0.870. The molecule has 63 heavy (non-hydrogen) atoms. The maximum atomic E-state index is 12.9. The molecule has 0 spiro atoms. The third kappa shape index (κ3) is 49.2. The van der Waals surface area contributed by atoms with Crippen molar-refractivity contribution in [3.63, 3.8) is 0 Å². The summed E-state index contributed by atoms with van der Waals surface area (Å²) in [6.45, 7) is 4.90. The van der Waals surface area contributed by atoms with E-state index in [4.69, 9.17) is 9.05 Å². The maximum Gasteiger partial charge on any atom is 0.472 e. The molecule has 8 nitrogen and oxygen atoms in total. The highest BCUT2D eigenvalue weighted by molar-refractivity contribution is 7.47. The Bertz CT molecular complexity index is 994. The van der Waals surface area contributed by atoms with Gasteiger partial charge in [0.1, 0.15) is 13.2 Å². The summed E-state index contributed by atoms with van der Waals surface area (Å²) in [6, 6.07) is -0.752. The first-order valence-electron chi connectivity index (χ1n) is 27.9. The predicted molar refractivity (Wildman–Crippen MR) is 272 cm³/mol. The second kappa shape index (κ2) is 46.6. The third-order valence-electron chi connectivity index (χ3n) is 13.1. The second-order valence-corrected chi connectivity index (χ2v) is 22.1. The van der Waals surface area contributed by atoms with Crippen LogP contribution < -0.4 is 5.32 Å². The number of aliphatic hydroxyl groups is 1. The number of likely N-dealkylation sites (N-methyl/N-ethyl adjacent to an activating group) is 1. The molecule has 1 amide bonds. The summed E-state index contributed by atoms with van der Waals surface area (Å²) in [5, 5.41) is 13.9. The normalized spacial score (nSPS) is 14.0. The lowest BCUT2D eigenvalue weighted by Crippen LogP contribution is -2.46. The standard InChI is InChI=1S/C54H111N2O6P/c1-6-8-10-12-14-16-17-18-19-20-21-22-23-24-25-26-27-28-29-30-31-32-33-34-35-36-37-38-40-42-44-46-48-54(58)55-52(51-62-63(59,60)61-50-49-56(3,4)5)53(57)47-45-43-41-39-15-13-11-9-7-2/h52-53,57H,6-51H2,1-5H3,(H-,55,58,59,60)/p+1/t52-,53+/m0/s1. The number of rotatable bonds is 52. The number of nitrogens with one attached hydrogen (secondary N) is 1. The molecule has 378 valence electrons. The summed E-state index contributed by atoms with van der Waals surface area (Å²) in [5.41, 5.74) is 0. The number of amides is 1.